The number of nitrogens with one attached hydrogen (secondary N) is 1. The van der Waals surface area contributed by atoms with Crippen LogP contribution < -0.4 is 5.43 Å². The Bertz CT molecular complexity index is 1400. The number of aromatic nitrogens is 1. The zero-order chi connectivity index (χ0) is 22.7. The zero-order valence-electron chi connectivity index (χ0n) is 16.6. The summed E-state index contributed by atoms with van der Waals surface area (Å²) in [5.74, 6) is -0.654. The second-order valence-electron chi connectivity index (χ2n) is 7.05. The lowest BCUT2D eigenvalue weighted by atomic mass is 10.1. The number of carbonyl (C=O) groups is 1. The number of phenolic OH excluding ortho intramolecular Hbond substituents is 1. The molecular formula is C24H16Cl2N4O2. The number of phenols is 1. The highest BCUT2D eigenvalue weighted by Crippen LogP contribution is 2.24. The number of hydrogen-bond acceptors (Lipinski definition) is 4. The Morgan fingerprint density at radius 1 is 1.09 bits per heavy atom. The van der Waals surface area contributed by atoms with Gasteiger partial charge in [-0.1, -0.05) is 35.3 Å². The van der Waals surface area contributed by atoms with Crippen molar-refractivity contribution in [2.24, 2.45) is 5.10 Å². The minimum Gasteiger partial charge on any atom is -0.507 e. The van der Waals surface area contributed by atoms with E-state index in [0.29, 0.717) is 16.6 Å². The summed E-state index contributed by atoms with van der Waals surface area (Å²) in [4.78, 5) is 12.2. The van der Waals surface area contributed by atoms with Gasteiger partial charge in [-0.2, -0.15) is 10.4 Å². The van der Waals surface area contributed by atoms with Crippen LogP contribution in [0.5, 0.6) is 5.75 Å². The van der Waals surface area contributed by atoms with Gasteiger partial charge in [0.2, 0.25) is 0 Å². The Morgan fingerprint density at radius 3 is 2.72 bits per heavy atom. The Labute approximate surface area is 193 Å². The van der Waals surface area contributed by atoms with Gasteiger partial charge in [0.1, 0.15) is 11.8 Å². The van der Waals surface area contributed by atoms with Gasteiger partial charge in [0.15, 0.2) is 0 Å². The molecule has 0 fully saturated rings. The van der Waals surface area contributed by atoms with Gasteiger partial charge in [0.05, 0.1) is 21.8 Å². The van der Waals surface area contributed by atoms with Crippen LogP contribution in [-0.4, -0.2) is 21.8 Å². The molecule has 4 aromatic rings. The molecule has 3 aromatic carbocycles. The van der Waals surface area contributed by atoms with Gasteiger partial charge in [0, 0.05) is 29.2 Å². The third kappa shape index (κ3) is 4.59. The van der Waals surface area contributed by atoms with Crippen LogP contribution in [0.15, 0.2) is 72.0 Å². The molecule has 0 atom stereocenters. The topological polar surface area (TPSA) is 90.4 Å². The summed E-state index contributed by atoms with van der Waals surface area (Å²) in [5.41, 5.74) is 5.58. The highest BCUT2D eigenvalue weighted by atomic mass is 35.5. The summed E-state index contributed by atoms with van der Waals surface area (Å²) in [5, 5.41) is 24.6. The molecule has 0 unspecified atom stereocenters. The van der Waals surface area contributed by atoms with Crippen LogP contribution in [0.2, 0.25) is 10.0 Å². The first-order valence-electron chi connectivity index (χ1n) is 9.54. The van der Waals surface area contributed by atoms with E-state index in [2.05, 4.69) is 15.1 Å². The van der Waals surface area contributed by atoms with Crippen LogP contribution in [0, 0.1) is 11.3 Å². The lowest BCUT2D eigenvalue weighted by Crippen LogP contribution is -2.17. The predicted octanol–water partition coefficient (Wildman–Crippen LogP) is 5.34. The standard InChI is InChI=1S/C24H16Cl2N4O2/c25-20-4-1-16(10-21(20)26)14-30-8-7-17-9-15(2-5-22(17)30)13-28-29-24(32)18-3-6-23(31)19(11-18)12-27/h1-11,13,31H,14H2,(H,29,32). The van der Waals surface area contributed by atoms with Crippen molar-refractivity contribution in [2.45, 2.75) is 6.54 Å². The van der Waals surface area contributed by atoms with Gasteiger partial charge < -0.3 is 9.67 Å². The van der Waals surface area contributed by atoms with Gasteiger partial charge in [-0.25, -0.2) is 5.43 Å². The largest absolute Gasteiger partial charge is 0.507 e. The van der Waals surface area contributed by atoms with E-state index in [9.17, 15) is 9.90 Å². The molecule has 0 saturated carbocycles. The van der Waals surface area contributed by atoms with Crippen molar-refractivity contribution >= 4 is 46.2 Å². The number of fused-ring (bicyclic) bond motifs is 1. The van der Waals surface area contributed by atoms with Crippen LogP contribution in [0.1, 0.15) is 27.0 Å². The second-order valence-corrected chi connectivity index (χ2v) is 7.87. The molecule has 0 radical (unpaired) electrons. The maximum absolute atomic E-state index is 12.2. The second kappa shape index (κ2) is 9.15. The number of halogens is 2. The zero-order valence-corrected chi connectivity index (χ0v) is 18.1. The fraction of sp³-hybridized carbons (Fsp3) is 0.0417. The first-order valence-corrected chi connectivity index (χ1v) is 10.3. The molecule has 0 aliphatic heterocycles. The summed E-state index contributed by atoms with van der Waals surface area (Å²) in [6.07, 6.45) is 3.53. The van der Waals surface area contributed by atoms with E-state index < -0.39 is 5.91 Å². The number of nitriles is 1. The van der Waals surface area contributed by atoms with Crippen LogP contribution in [0.3, 0.4) is 0 Å². The molecule has 0 spiro atoms. The number of aromatic hydroxyl groups is 1. The van der Waals surface area contributed by atoms with Crippen molar-refractivity contribution in [1.29, 1.82) is 5.26 Å². The van der Waals surface area contributed by atoms with Gasteiger partial charge in [0.25, 0.3) is 5.91 Å². The number of benzene rings is 3. The lowest BCUT2D eigenvalue weighted by molar-refractivity contribution is 0.0955. The van der Waals surface area contributed by atoms with E-state index in [1.54, 1.807) is 12.3 Å². The van der Waals surface area contributed by atoms with E-state index in [4.69, 9.17) is 28.5 Å². The number of hydrogen-bond donors (Lipinski definition) is 2. The molecular weight excluding hydrogens is 447 g/mol. The van der Waals surface area contributed by atoms with Crippen molar-refractivity contribution in [3.05, 3.63) is 99.2 Å². The first-order chi connectivity index (χ1) is 15.4. The molecule has 1 amide bonds. The van der Waals surface area contributed by atoms with Crippen molar-refractivity contribution < 1.29 is 9.90 Å². The lowest BCUT2D eigenvalue weighted by Gasteiger charge is -2.07. The van der Waals surface area contributed by atoms with E-state index in [1.807, 2.05) is 48.7 Å². The quantitative estimate of drug-likeness (QED) is 0.309. The molecule has 1 heterocycles. The van der Waals surface area contributed by atoms with Crippen LogP contribution in [-0.2, 0) is 6.54 Å². The van der Waals surface area contributed by atoms with Crippen molar-refractivity contribution in [3.63, 3.8) is 0 Å². The van der Waals surface area contributed by atoms with Gasteiger partial charge in [-0.05, 0) is 59.7 Å². The highest BCUT2D eigenvalue weighted by molar-refractivity contribution is 6.42. The normalized spacial score (nSPS) is 11.0. The van der Waals surface area contributed by atoms with Gasteiger partial charge in [-0.3, -0.25) is 4.79 Å². The average Bonchev–Trinajstić information content (AvgIpc) is 3.18. The summed E-state index contributed by atoms with van der Waals surface area (Å²) >= 11 is 12.1. The van der Waals surface area contributed by atoms with Gasteiger partial charge >= 0.3 is 0 Å². The number of rotatable bonds is 5. The van der Waals surface area contributed by atoms with Crippen LogP contribution >= 0.6 is 23.2 Å². The molecule has 0 saturated heterocycles. The average molecular weight is 463 g/mol. The molecule has 0 bridgehead atoms. The minimum atomic E-state index is -0.480. The van der Waals surface area contributed by atoms with E-state index in [-0.39, 0.29) is 16.9 Å². The smallest absolute Gasteiger partial charge is 0.271 e. The summed E-state index contributed by atoms with van der Waals surface area (Å²) in [7, 11) is 0. The summed E-state index contributed by atoms with van der Waals surface area (Å²) in [6.45, 7) is 0.654. The highest BCUT2D eigenvalue weighted by Gasteiger charge is 2.09. The summed E-state index contributed by atoms with van der Waals surface area (Å²) in [6, 6.07) is 19.3. The minimum absolute atomic E-state index is 0.0254. The number of hydrazone groups is 1. The fourth-order valence-electron chi connectivity index (χ4n) is 3.27. The Morgan fingerprint density at radius 2 is 1.94 bits per heavy atom. The molecule has 4 rings (SSSR count). The van der Waals surface area contributed by atoms with E-state index in [1.165, 1.54) is 18.2 Å². The molecule has 0 aliphatic rings. The number of nitrogens with zero attached hydrogens (tertiary/aromatic N) is 3. The summed E-state index contributed by atoms with van der Waals surface area (Å²) < 4.78 is 2.11. The Hall–Kier alpha value is -3.79. The SMILES string of the molecule is N#Cc1cc(C(=O)NN=Cc2ccc3c(ccn3Cc3ccc(Cl)c(Cl)c3)c2)ccc1O. The predicted molar refractivity (Wildman–Crippen MR) is 125 cm³/mol. The van der Waals surface area contributed by atoms with E-state index in [0.717, 1.165) is 22.0 Å². The van der Waals surface area contributed by atoms with Crippen LogP contribution in [0.25, 0.3) is 10.9 Å². The maximum Gasteiger partial charge on any atom is 0.271 e. The van der Waals surface area contributed by atoms with Crippen molar-refractivity contribution in [2.75, 3.05) is 0 Å². The molecule has 1 aromatic heterocycles. The van der Waals surface area contributed by atoms with Crippen LogP contribution in [0.4, 0.5) is 0 Å². The fourth-order valence-corrected chi connectivity index (χ4v) is 3.59. The Balaban J connectivity index is 1.46. The maximum atomic E-state index is 12.2. The molecule has 158 valence electrons. The third-order valence-electron chi connectivity index (χ3n) is 4.89. The molecule has 8 heteroatoms. The number of carbonyl (C=O) groups excluding carboxylic acids is 1. The van der Waals surface area contributed by atoms with Crippen molar-refractivity contribution in [1.82, 2.24) is 9.99 Å². The molecule has 6 nitrogen and oxygen atoms in total. The van der Waals surface area contributed by atoms with Gasteiger partial charge in [-0.15, -0.1) is 0 Å². The number of amides is 1. The van der Waals surface area contributed by atoms with Crippen molar-refractivity contribution in [3.8, 4) is 11.8 Å². The first kappa shape index (κ1) is 21.4. The molecule has 2 N–H and O–H groups in total. The monoisotopic (exact) mass is 462 g/mol. The molecule has 0 aliphatic carbocycles. The Kier molecular flexibility index (Phi) is 6.13. The molecule has 32 heavy (non-hydrogen) atoms. The third-order valence-corrected chi connectivity index (χ3v) is 5.63. The van der Waals surface area contributed by atoms with E-state index >= 15 is 0 Å².